The number of nitrogens with two attached hydrogens (primary N) is 1. The summed E-state index contributed by atoms with van der Waals surface area (Å²) in [5.41, 5.74) is 10.2. The summed E-state index contributed by atoms with van der Waals surface area (Å²) in [5.74, 6) is 1.02. The molecule has 0 saturated carbocycles. The van der Waals surface area contributed by atoms with Crippen LogP contribution in [0.4, 0.5) is 5.82 Å². The van der Waals surface area contributed by atoms with Crippen LogP contribution >= 0.6 is 0 Å². The van der Waals surface area contributed by atoms with Crippen LogP contribution in [-0.4, -0.2) is 19.9 Å². The highest BCUT2D eigenvalue weighted by atomic mass is 16.4. The predicted octanol–water partition coefficient (Wildman–Crippen LogP) is 2.79. The van der Waals surface area contributed by atoms with Crippen molar-refractivity contribution in [3.63, 3.8) is 0 Å². The lowest BCUT2D eigenvalue weighted by molar-refractivity contribution is 0.248. The van der Waals surface area contributed by atoms with Crippen molar-refractivity contribution in [2.75, 3.05) is 5.73 Å². The first-order valence-electron chi connectivity index (χ1n) is 7.95. The van der Waals surface area contributed by atoms with Crippen LogP contribution in [-0.2, 0) is 13.2 Å². The fourth-order valence-corrected chi connectivity index (χ4v) is 2.99. The van der Waals surface area contributed by atoms with Crippen molar-refractivity contribution < 1.29 is 9.52 Å². The van der Waals surface area contributed by atoms with Gasteiger partial charge in [0.2, 0.25) is 0 Å². The lowest BCUT2D eigenvalue weighted by Crippen LogP contribution is -2.01. The number of furan rings is 1. The SMILES string of the molecule is CCn1nc(C)c(-c2cc(-c3ccc(CO)o3)c(C#N)c(N)n2)c1C. The molecule has 0 saturated heterocycles. The molecule has 0 unspecified atom stereocenters. The van der Waals surface area contributed by atoms with Crippen LogP contribution in [0, 0.1) is 25.2 Å². The summed E-state index contributed by atoms with van der Waals surface area (Å²) in [7, 11) is 0. The summed E-state index contributed by atoms with van der Waals surface area (Å²) in [5, 5.41) is 23.2. The van der Waals surface area contributed by atoms with Crippen LogP contribution < -0.4 is 5.73 Å². The average Bonchev–Trinajstić information content (AvgIpc) is 3.18. The number of pyridine rings is 1. The van der Waals surface area contributed by atoms with Crippen molar-refractivity contribution in [1.29, 1.82) is 5.26 Å². The molecular formula is C18H19N5O2. The smallest absolute Gasteiger partial charge is 0.142 e. The normalized spacial score (nSPS) is 10.8. The van der Waals surface area contributed by atoms with E-state index in [1.807, 2.05) is 25.5 Å². The molecule has 0 amide bonds. The van der Waals surface area contributed by atoms with Gasteiger partial charge in [0.15, 0.2) is 0 Å². The minimum absolute atomic E-state index is 0.139. The maximum atomic E-state index is 9.46. The summed E-state index contributed by atoms with van der Waals surface area (Å²) in [6.45, 7) is 6.46. The Hall–Kier alpha value is -3.11. The zero-order valence-corrected chi connectivity index (χ0v) is 14.4. The van der Waals surface area contributed by atoms with Crippen LogP contribution in [0.5, 0.6) is 0 Å². The van der Waals surface area contributed by atoms with E-state index in [1.165, 1.54) is 0 Å². The summed E-state index contributed by atoms with van der Waals surface area (Å²) in [6, 6.07) is 7.24. The van der Waals surface area contributed by atoms with Gasteiger partial charge >= 0.3 is 0 Å². The molecule has 3 N–H and O–H groups in total. The molecule has 7 nitrogen and oxygen atoms in total. The average molecular weight is 337 g/mol. The molecule has 25 heavy (non-hydrogen) atoms. The second-order valence-corrected chi connectivity index (χ2v) is 5.71. The molecule has 3 aromatic heterocycles. The molecular weight excluding hydrogens is 318 g/mol. The van der Waals surface area contributed by atoms with Crippen molar-refractivity contribution in [2.24, 2.45) is 0 Å². The molecule has 3 aromatic rings. The molecule has 0 bridgehead atoms. The molecule has 0 aliphatic rings. The largest absolute Gasteiger partial charge is 0.459 e. The maximum absolute atomic E-state index is 9.46. The highest BCUT2D eigenvalue weighted by molar-refractivity contribution is 5.79. The molecule has 0 aliphatic carbocycles. The second-order valence-electron chi connectivity index (χ2n) is 5.71. The zero-order valence-electron chi connectivity index (χ0n) is 14.4. The Morgan fingerprint density at radius 1 is 1.36 bits per heavy atom. The van der Waals surface area contributed by atoms with E-state index in [0.29, 0.717) is 22.8 Å². The Balaban J connectivity index is 2.24. The molecule has 0 atom stereocenters. The van der Waals surface area contributed by atoms with Gasteiger partial charge in [0.1, 0.15) is 35.6 Å². The van der Waals surface area contributed by atoms with Gasteiger partial charge in [-0.25, -0.2) is 4.98 Å². The number of nitrogen functional groups attached to an aromatic ring is 1. The minimum Gasteiger partial charge on any atom is -0.459 e. The van der Waals surface area contributed by atoms with Gasteiger partial charge < -0.3 is 15.3 Å². The van der Waals surface area contributed by atoms with Crippen molar-refractivity contribution in [3.8, 4) is 28.7 Å². The number of anilines is 1. The fourth-order valence-electron chi connectivity index (χ4n) is 2.99. The Bertz CT molecular complexity index is 978. The van der Waals surface area contributed by atoms with E-state index in [4.69, 9.17) is 10.2 Å². The quantitative estimate of drug-likeness (QED) is 0.756. The van der Waals surface area contributed by atoms with Crippen LogP contribution in [0.25, 0.3) is 22.6 Å². The molecule has 3 rings (SSSR count). The standard InChI is InChI=1S/C18H19N5O2/c1-4-23-11(3)17(10(2)22-23)15-7-13(14(8-19)18(20)21-15)16-6-5-12(9-24)25-16/h5-7,24H,4,9H2,1-3H3,(H2,20,21). The summed E-state index contributed by atoms with van der Waals surface area (Å²) < 4.78 is 7.49. The van der Waals surface area contributed by atoms with E-state index in [9.17, 15) is 10.4 Å². The molecule has 0 fully saturated rings. The number of hydrogen-bond acceptors (Lipinski definition) is 6. The lowest BCUT2D eigenvalue weighted by atomic mass is 10.0. The second kappa shape index (κ2) is 6.42. The number of aryl methyl sites for hydroxylation is 2. The third-order valence-corrected chi connectivity index (χ3v) is 4.18. The van der Waals surface area contributed by atoms with Gasteiger partial charge in [0, 0.05) is 23.4 Å². The topological polar surface area (TPSA) is 114 Å². The number of rotatable bonds is 4. The number of hydrogen-bond donors (Lipinski definition) is 2. The van der Waals surface area contributed by atoms with Crippen molar-refractivity contribution in [1.82, 2.24) is 14.8 Å². The Morgan fingerprint density at radius 2 is 2.12 bits per heavy atom. The molecule has 0 aliphatic heterocycles. The summed E-state index contributed by atoms with van der Waals surface area (Å²) in [4.78, 5) is 4.41. The van der Waals surface area contributed by atoms with Gasteiger partial charge in [-0.05, 0) is 39.0 Å². The van der Waals surface area contributed by atoms with Gasteiger partial charge in [-0.3, -0.25) is 4.68 Å². The van der Waals surface area contributed by atoms with Gasteiger partial charge in [-0.15, -0.1) is 0 Å². The number of aromatic nitrogens is 3. The number of aliphatic hydroxyl groups excluding tert-OH is 1. The summed E-state index contributed by atoms with van der Waals surface area (Å²) in [6.07, 6.45) is 0. The first-order chi connectivity index (χ1) is 12.0. The number of nitriles is 1. The highest BCUT2D eigenvalue weighted by Gasteiger charge is 2.20. The lowest BCUT2D eigenvalue weighted by Gasteiger charge is -2.09. The Labute approximate surface area is 145 Å². The molecule has 7 heteroatoms. The van der Waals surface area contributed by atoms with Gasteiger partial charge in [0.05, 0.1) is 11.4 Å². The number of aliphatic hydroxyl groups is 1. The molecule has 0 radical (unpaired) electrons. The third kappa shape index (κ3) is 2.77. The van der Waals surface area contributed by atoms with Crippen LogP contribution in [0.2, 0.25) is 0 Å². The van der Waals surface area contributed by atoms with E-state index in [-0.39, 0.29) is 18.0 Å². The third-order valence-electron chi connectivity index (χ3n) is 4.18. The van der Waals surface area contributed by atoms with Crippen LogP contribution in [0.1, 0.15) is 29.6 Å². The number of nitrogens with zero attached hydrogens (tertiary/aromatic N) is 4. The van der Waals surface area contributed by atoms with Gasteiger partial charge in [0.25, 0.3) is 0 Å². The zero-order chi connectivity index (χ0) is 18.1. The Morgan fingerprint density at radius 3 is 2.68 bits per heavy atom. The summed E-state index contributed by atoms with van der Waals surface area (Å²) >= 11 is 0. The monoisotopic (exact) mass is 337 g/mol. The fraction of sp³-hybridized carbons (Fsp3) is 0.278. The molecule has 0 aromatic carbocycles. The van der Waals surface area contributed by atoms with Crippen LogP contribution in [0.15, 0.2) is 22.6 Å². The van der Waals surface area contributed by atoms with Gasteiger partial charge in [-0.1, -0.05) is 0 Å². The van der Waals surface area contributed by atoms with Crippen LogP contribution in [0.3, 0.4) is 0 Å². The van der Waals surface area contributed by atoms with Crippen molar-refractivity contribution >= 4 is 5.82 Å². The predicted molar refractivity (Wildman–Crippen MR) is 93.4 cm³/mol. The van der Waals surface area contributed by atoms with Gasteiger partial charge in [-0.2, -0.15) is 10.4 Å². The first kappa shape index (κ1) is 16.7. The molecule has 3 heterocycles. The first-order valence-corrected chi connectivity index (χ1v) is 7.95. The highest BCUT2D eigenvalue weighted by Crippen LogP contribution is 2.34. The van der Waals surface area contributed by atoms with E-state index in [0.717, 1.165) is 23.5 Å². The van der Waals surface area contributed by atoms with Crippen molar-refractivity contribution in [2.45, 2.75) is 33.9 Å². The van der Waals surface area contributed by atoms with Crippen molar-refractivity contribution in [3.05, 3.63) is 40.9 Å². The van der Waals surface area contributed by atoms with E-state index in [2.05, 4.69) is 16.2 Å². The van der Waals surface area contributed by atoms with E-state index >= 15 is 0 Å². The Kier molecular flexibility index (Phi) is 4.30. The van der Waals surface area contributed by atoms with E-state index < -0.39 is 0 Å². The maximum Gasteiger partial charge on any atom is 0.142 e. The van der Waals surface area contributed by atoms with E-state index in [1.54, 1.807) is 18.2 Å². The molecule has 128 valence electrons. The molecule has 0 spiro atoms. The minimum atomic E-state index is -0.212.